The Balaban J connectivity index is 2.21. The molecule has 1 fully saturated rings. The number of carbonyl (C=O) groups excluding carboxylic acids is 1. The van der Waals surface area contributed by atoms with Crippen molar-refractivity contribution >= 4 is 23.1 Å². The van der Waals surface area contributed by atoms with E-state index in [1.807, 2.05) is 7.05 Å². The molecular weight excluding hydrogens is 284 g/mol. The Morgan fingerprint density at radius 3 is 2.43 bits per heavy atom. The fraction of sp³-hybridized carbons (Fsp3) is 0.867. The molecule has 0 aromatic carbocycles. The minimum atomic E-state index is 0.176. The molecule has 122 valence electrons. The van der Waals surface area contributed by atoms with Gasteiger partial charge >= 0.3 is 0 Å². The zero-order valence-corrected chi connectivity index (χ0v) is 14.5. The largest absolute Gasteiger partial charge is 0.393 e. The van der Waals surface area contributed by atoms with Gasteiger partial charge in [0.2, 0.25) is 5.91 Å². The van der Waals surface area contributed by atoms with Crippen molar-refractivity contribution < 1.29 is 4.79 Å². The fourth-order valence-corrected chi connectivity index (χ4v) is 2.62. The van der Waals surface area contributed by atoms with Gasteiger partial charge in [-0.2, -0.15) is 0 Å². The van der Waals surface area contributed by atoms with E-state index < -0.39 is 0 Å². The molecule has 1 heterocycles. The van der Waals surface area contributed by atoms with E-state index in [4.69, 9.17) is 18.0 Å². The normalized spacial score (nSPS) is 18.4. The van der Waals surface area contributed by atoms with Crippen molar-refractivity contribution in [1.82, 2.24) is 14.7 Å². The maximum Gasteiger partial charge on any atom is 0.223 e. The van der Waals surface area contributed by atoms with Gasteiger partial charge in [0.1, 0.15) is 0 Å². The van der Waals surface area contributed by atoms with Crippen LogP contribution in [-0.2, 0) is 4.79 Å². The number of hydrogen-bond acceptors (Lipinski definition) is 4. The Morgan fingerprint density at radius 1 is 1.29 bits per heavy atom. The monoisotopic (exact) mass is 314 g/mol. The molecule has 1 unspecified atom stereocenters. The first-order chi connectivity index (χ1) is 9.93. The number of rotatable bonds is 8. The Morgan fingerprint density at radius 2 is 1.90 bits per heavy atom. The van der Waals surface area contributed by atoms with Crippen molar-refractivity contribution in [2.45, 2.75) is 39.2 Å². The molecule has 0 radical (unpaired) electrons. The van der Waals surface area contributed by atoms with E-state index in [-0.39, 0.29) is 5.91 Å². The Hall–Kier alpha value is -0.720. The number of piperazine rings is 1. The lowest BCUT2D eigenvalue weighted by molar-refractivity contribution is -0.130. The van der Waals surface area contributed by atoms with Crippen molar-refractivity contribution in [1.29, 1.82) is 0 Å². The van der Waals surface area contributed by atoms with Crippen LogP contribution in [0.1, 0.15) is 33.1 Å². The maximum absolute atomic E-state index is 12.0. The highest BCUT2D eigenvalue weighted by atomic mass is 32.1. The zero-order valence-electron chi connectivity index (χ0n) is 13.7. The average Bonchev–Trinajstić information content (AvgIpc) is 2.49. The van der Waals surface area contributed by atoms with Crippen LogP contribution in [0.25, 0.3) is 0 Å². The van der Waals surface area contributed by atoms with Crippen LogP contribution in [0.15, 0.2) is 0 Å². The van der Waals surface area contributed by atoms with Crippen molar-refractivity contribution in [3.63, 3.8) is 0 Å². The summed E-state index contributed by atoms with van der Waals surface area (Å²) in [4.78, 5) is 19.1. The summed E-state index contributed by atoms with van der Waals surface area (Å²) in [5.41, 5.74) is 5.46. The van der Waals surface area contributed by atoms with Gasteiger partial charge in [-0.05, 0) is 13.3 Å². The Bertz CT molecular complexity index is 343. The molecule has 1 atom stereocenters. The Kier molecular flexibility index (Phi) is 8.14. The molecule has 1 aliphatic heterocycles. The number of amides is 1. The maximum atomic E-state index is 12.0. The van der Waals surface area contributed by atoms with E-state index in [2.05, 4.69) is 23.6 Å². The molecule has 1 aliphatic rings. The van der Waals surface area contributed by atoms with Gasteiger partial charge in [-0.3, -0.25) is 9.69 Å². The molecule has 1 rings (SSSR count). The summed E-state index contributed by atoms with van der Waals surface area (Å²) >= 11 is 4.84. The van der Waals surface area contributed by atoms with Crippen LogP contribution in [0.5, 0.6) is 0 Å². The summed E-state index contributed by atoms with van der Waals surface area (Å²) in [5.74, 6) is 0.176. The number of nitrogens with zero attached hydrogens (tertiary/aromatic N) is 3. The van der Waals surface area contributed by atoms with Crippen molar-refractivity contribution in [2.75, 3.05) is 46.3 Å². The summed E-state index contributed by atoms with van der Waals surface area (Å²) < 4.78 is 0. The van der Waals surface area contributed by atoms with Crippen LogP contribution in [0.3, 0.4) is 0 Å². The molecule has 1 amide bonds. The van der Waals surface area contributed by atoms with E-state index in [0.29, 0.717) is 30.4 Å². The van der Waals surface area contributed by atoms with Gasteiger partial charge in [0.25, 0.3) is 0 Å². The van der Waals surface area contributed by atoms with E-state index in [0.717, 1.165) is 32.7 Å². The third kappa shape index (κ3) is 6.72. The van der Waals surface area contributed by atoms with Gasteiger partial charge < -0.3 is 15.5 Å². The molecule has 5 nitrogen and oxygen atoms in total. The quantitative estimate of drug-likeness (QED) is 0.676. The summed E-state index contributed by atoms with van der Waals surface area (Å²) in [6, 6.07) is 0.667. The third-order valence-corrected chi connectivity index (χ3v) is 4.59. The molecule has 0 aromatic rings. The lowest BCUT2D eigenvalue weighted by Gasteiger charge is -2.37. The second kappa shape index (κ2) is 9.33. The molecule has 0 saturated carbocycles. The highest BCUT2D eigenvalue weighted by Gasteiger charge is 2.20. The number of nitrogens with two attached hydrogens (primary N) is 1. The van der Waals surface area contributed by atoms with Crippen molar-refractivity contribution in [2.24, 2.45) is 5.73 Å². The molecule has 0 spiro atoms. The standard InChI is InChI=1S/C15H30N4OS/c1-4-13(2)19-11-9-18(10-12-19)8-6-15(20)17(3)7-5-14(16)21/h13H,4-12H2,1-3H3,(H2,16,21). The number of carbonyl (C=O) groups is 1. The van der Waals surface area contributed by atoms with Gasteiger partial charge in [0.15, 0.2) is 0 Å². The SMILES string of the molecule is CCC(C)N1CCN(CCC(=O)N(C)CCC(N)=S)CC1. The lowest BCUT2D eigenvalue weighted by Crippen LogP contribution is -2.50. The van der Waals surface area contributed by atoms with E-state index in [9.17, 15) is 4.79 Å². The molecular formula is C15H30N4OS. The molecule has 1 saturated heterocycles. The highest BCUT2D eigenvalue weighted by Crippen LogP contribution is 2.09. The van der Waals surface area contributed by atoms with Gasteiger partial charge in [0.05, 0.1) is 4.99 Å². The van der Waals surface area contributed by atoms with E-state index in [1.54, 1.807) is 4.90 Å². The molecule has 2 N–H and O–H groups in total. The van der Waals surface area contributed by atoms with E-state index in [1.165, 1.54) is 6.42 Å². The van der Waals surface area contributed by atoms with Crippen molar-refractivity contribution in [3.05, 3.63) is 0 Å². The smallest absolute Gasteiger partial charge is 0.223 e. The van der Waals surface area contributed by atoms with Crippen LogP contribution in [0.2, 0.25) is 0 Å². The summed E-state index contributed by atoms with van der Waals surface area (Å²) in [6.07, 6.45) is 2.38. The van der Waals surface area contributed by atoms with Crippen LogP contribution in [-0.4, -0.2) is 78.0 Å². The predicted molar refractivity (Wildman–Crippen MR) is 91.4 cm³/mol. The first-order valence-corrected chi connectivity index (χ1v) is 8.33. The van der Waals surface area contributed by atoms with Crippen LogP contribution < -0.4 is 5.73 Å². The van der Waals surface area contributed by atoms with Crippen LogP contribution >= 0.6 is 12.2 Å². The first-order valence-electron chi connectivity index (χ1n) is 7.92. The minimum Gasteiger partial charge on any atom is -0.393 e. The highest BCUT2D eigenvalue weighted by molar-refractivity contribution is 7.80. The van der Waals surface area contributed by atoms with Gasteiger partial charge in [-0.25, -0.2) is 0 Å². The summed E-state index contributed by atoms with van der Waals surface area (Å²) in [7, 11) is 1.82. The second-order valence-corrected chi connectivity index (χ2v) is 6.44. The molecule has 0 aliphatic carbocycles. The molecule has 0 aromatic heterocycles. The average molecular weight is 314 g/mol. The molecule has 21 heavy (non-hydrogen) atoms. The molecule has 6 heteroatoms. The topological polar surface area (TPSA) is 52.8 Å². The first kappa shape index (κ1) is 18.3. The summed E-state index contributed by atoms with van der Waals surface area (Å²) in [5, 5.41) is 0. The van der Waals surface area contributed by atoms with Crippen molar-refractivity contribution in [3.8, 4) is 0 Å². The fourth-order valence-electron chi connectivity index (χ4n) is 2.53. The summed E-state index contributed by atoms with van der Waals surface area (Å²) in [6.45, 7) is 10.3. The lowest BCUT2D eigenvalue weighted by atomic mass is 10.2. The molecule has 0 bridgehead atoms. The number of thiocarbonyl (C=S) groups is 1. The second-order valence-electron chi connectivity index (χ2n) is 5.92. The minimum absolute atomic E-state index is 0.176. The Labute approximate surface area is 134 Å². The third-order valence-electron chi connectivity index (χ3n) is 4.38. The van der Waals surface area contributed by atoms with Crippen LogP contribution in [0.4, 0.5) is 0 Å². The number of hydrogen-bond donors (Lipinski definition) is 1. The van der Waals surface area contributed by atoms with E-state index >= 15 is 0 Å². The van der Waals surface area contributed by atoms with Gasteiger partial charge in [-0.1, -0.05) is 19.1 Å². The zero-order chi connectivity index (χ0) is 15.8. The van der Waals surface area contributed by atoms with Gasteiger partial charge in [-0.15, -0.1) is 0 Å². The predicted octanol–water partition coefficient (Wildman–Crippen LogP) is 0.927. The van der Waals surface area contributed by atoms with Gasteiger partial charge in [0, 0.05) is 65.2 Å². The van der Waals surface area contributed by atoms with Crippen LogP contribution in [0, 0.1) is 0 Å².